The molecule has 0 radical (unpaired) electrons. The highest BCUT2D eigenvalue weighted by Gasteiger charge is 2.12. The van der Waals surface area contributed by atoms with Gasteiger partial charge < -0.3 is 26.1 Å². The zero-order valence-corrected chi connectivity index (χ0v) is 13.9. The second-order valence-corrected chi connectivity index (χ2v) is 5.33. The van der Waals surface area contributed by atoms with Crippen LogP contribution in [0.5, 0.6) is 0 Å². The smallest absolute Gasteiger partial charge is 0.371 e. The Morgan fingerprint density at radius 3 is 1.28 bits per heavy atom. The first kappa shape index (κ1) is 22.2. The molecule has 0 aliphatic carbocycles. The van der Waals surface area contributed by atoms with Crippen molar-refractivity contribution in [1.82, 2.24) is 0 Å². The number of primary amides is 2. The fourth-order valence-corrected chi connectivity index (χ4v) is 1.87. The number of carboxylic acids is 2. The van der Waals surface area contributed by atoms with Gasteiger partial charge in [0.05, 0.1) is 0 Å². The van der Waals surface area contributed by atoms with Crippen molar-refractivity contribution in [1.29, 1.82) is 0 Å². The molecule has 1 rings (SSSR count). The Morgan fingerprint density at radius 1 is 0.720 bits per heavy atom. The average molecular weight is 356 g/mol. The molecule has 0 atom stereocenters. The minimum absolute atomic E-state index is 0.223. The highest BCUT2D eigenvalue weighted by Crippen LogP contribution is 2.08. The van der Waals surface area contributed by atoms with Crippen LogP contribution in [0.2, 0.25) is 0 Å². The normalized spacial score (nSPS) is 9.76. The zero-order chi connectivity index (χ0) is 19.2. The van der Waals surface area contributed by atoms with E-state index in [1.165, 1.54) is 0 Å². The predicted molar refractivity (Wildman–Crippen MR) is 88.0 cm³/mol. The number of carbonyl (C=O) groups is 4. The lowest BCUT2D eigenvalue weighted by Gasteiger charge is -1.99. The summed E-state index contributed by atoms with van der Waals surface area (Å²) in [6.45, 7) is 0. The fraction of sp³-hybridized carbons (Fsp3) is 0.500. The summed E-state index contributed by atoms with van der Waals surface area (Å²) in [5.74, 6) is -3.75. The van der Waals surface area contributed by atoms with Gasteiger partial charge in [-0.15, -0.1) is 0 Å². The van der Waals surface area contributed by atoms with Crippen molar-refractivity contribution in [2.24, 2.45) is 11.5 Å². The summed E-state index contributed by atoms with van der Waals surface area (Å²) < 4.78 is 4.41. The molecule has 0 unspecified atom stereocenters. The molecule has 0 fully saturated rings. The first-order chi connectivity index (χ1) is 11.7. The molecule has 0 saturated heterocycles. The van der Waals surface area contributed by atoms with Crippen molar-refractivity contribution in [2.45, 2.75) is 51.4 Å². The molecule has 9 nitrogen and oxygen atoms in total. The monoisotopic (exact) mass is 356 g/mol. The van der Waals surface area contributed by atoms with E-state index in [0.29, 0.717) is 12.8 Å². The number of furan rings is 1. The zero-order valence-electron chi connectivity index (χ0n) is 13.9. The Balaban J connectivity index is 0.000000472. The molecular weight excluding hydrogens is 332 g/mol. The third-order valence-electron chi connectivity index (χ3n) is 3.12. The molecule has 140 valence electrons. The second kappa shape index (κ2) is 12.6. The largest absolute Gasteiger partial charge is 0.475 e. The molecule has 0 spiro atoms. The van der Waals surface area contributed by atoms with E-state index in [0.717, 1.165) is 50.7 Å². The first-order valence-corrected chi connectivity index (χ1v) is 7.87. The summed E-state index contributed by atoms with van der Waals surface area (Å²) in [6.07, 6.45) is 7.02. The quantitative estimate of drug-likeness (QED) is 0.437. The van der Waals surface area contributed by atoms with Gasteiger partial charge in [-0.25, -0.2) is 9.59 Å². The van der Waals surface area contributed by atoms with Crippen LogP contribution in [-0.4, -0.2) is 34.0 Å². The van der Waals surface area contributed by atoms with Crippen molar-refractivity contribution in [3.05, 3.63) is 23.7 Å². The van der Waals surface area contributed by atoms with Crippen LogP contribution in [0.4, 0.5) is 0 Å². The Bertz CT molecular complexity index is 532. The van der Waals surface area contributed by atoms with E-state index in [-0.39, 0.29) is 23.3 Å². The van der Waals surface area contributed by atoms with Crippen molar-refractivity contribution in [3.8, 4) is 0 Å². The van der Waals surface area contributed by atoms with Crippen LogP contribution >= 0.6 is 0 Å². The highest BCUT2D eigenvalue weighted by molar-refractivity contribution is 5.88. The maximum Gasteiger partial charge on any atom is 0.371 e. The number of carbonyl (C=O) groups excluding carboxylic acids is 2. The Morgan fingerprint density at radius 2 is 1.04 bits per heavy atom. The van der Waals surface area contributed by atoms with Crippen LogP contribution in [0, 0.1) is 0 Å². The third kappa shape index (κ3) is 12.3. The van der Waals surface area contributed by atoms with Gasteiger partial charge in [0.25, 0.3) is 0 Å². The maximum absolute atomic E-state index is 10.4. The number of hydrogen-bond donors (Lipinski definition) is 4. The molecule has 0 bridgehead atoms. The van der Waals surface area contributed by atoms with Gasteiger partial charge in [-0.3, -0.25) is 9.59 Å². The third-order valence-corrected chi connectivity index (χ3v) is 3.12. The second-order valence-electron chi connectivity index (χ2n) is 5.33. The van der Waals surface area contributed by atoms with E-state index in [4.69, 9.17) is 21.7 Å². The number of rotatable bonds is 11. The predicted octanol–water partition coefficient (Wildman–Crippen LogP) is 1.75. The Labute approximate surface area is 145 Å². The molecule has 9 heteroatoms. The number of carboxylic acid groups (broad SMARTS) is 2. The van der Waals surface area contributed by atoms with Crippen molar-refractivity contribution in [2.75, 3.05) is 0 Å². The summed E-state index contributed by atoms with van der Waals surface area (Å²) in [5.41, 5.74) is 10.00. The molecule has 0 aliphatic heterocycles. The molecule has 1 aromatic heterocycles. The average Bonchev–Trinajstić information content (AvgIpc) is 3.00. The molecule has 6 N–H and O–H groups in total. The van der Waals surface area contributed by atoms with Gasteiger partial charge in [0.1, 0.15) is 0 Å². The van der Waals surface area contributed by atoms with Crippen molar-refractivity contribution < 1.29 is 33.8 Å². The first-order valence-electron chi connectivity index (χ1n) is 7.87. The lowest BCUT2D eigenvalue weighted by Crippen LogP contribution is -2.09. The van der Waals surface area contributed by atoms with Gasteiger partial charge >= 0.3 is 11.9 Å². The van der Waals surface area contributed by atoms with Gasteiger partial charge in [-0.05, 0) is 25.0 Å². The van der Waals surface area contributed by atoms with E-state index in [9.17, 15) is 19.2 Å². The SMILES string of the molecule is NC(=O)CCCCCCCCC(N)=O.O=C(O)c1ccc(C(=O)O)o1. The lowest BCUT2D eigenvalue weighted by atomic mass is 10.1. The summed E-state index contributed by atoms with van der Waals surface area (Å²) in [4.78, 5) is 41.1. The molecule has 25 heavy (non-hydrogen) atoms. The van der Waals surface area contributed by atoms with E-state index in [2.05, 4.69) is 4.42 Å². The van der Waals surface area contributed by atoms with E-state index >= 15 is 0 Å². The van der Waals surface area contributed by atoms with Crippen LogP contribution in [0.25, 0.3) is 0 Å². The van der Waals surface area contributed by atoms with Crippen LogP contribution in [0.3, 0.4) is 0 Å². The Hall–Kier alpha value is -2.84. The molecular formula is C16H24N2O7. The van der Waals surface area contributed by atoms with Gasteiger partial charge in [-0.2, -0.15) is 0 Å². The fourth-order valence-electron chi connectivity index (χ4n) is 1.87. The molecule has 0 saturated carbocycles. The summed E-state index contributed by atoms with van der Waals surface area (Å²) in [6, 6.07) is 2.18. The van der Waals surface area contributed by atoms with E-state index < -0.39 is 11.9 Å². The van der Waals surface area contributed by atoms with Gasteiger partial charge in [0.2, 0.25) is 23.3 Å². The minimum atomic E-state index is -1.28. The van der Waals surface area contributed by atoms with E-state index in [1.54, 1.807) is 0 Å². The topological polar surface area (TPSA) is 174 Å². The summed E-state index contributed by atoms with van der Waals surface area (Å²) in [5, 5.41) is 16.6. The Kier molecular flexibility index (Phi) is 11.1. The van der Waals surface area contributed by atoms with Crippen LogP contribution in [0.15, 0.2) is 16.5 Å². The standard InChI is InChI=1S/C10H20N2O2.C6H4O5/c11-9(13)7-5-3-1-2-4-6-8-10(12)14;7-5(8)3-1-2-4(11-3)6(9)10/h1-8H2,(H2,11,13)(H2,12,14);1-2H,(H,7,8)(H,9,10). The van der Waals surface area contributed by atoms with E-state index in [1.807, 2.05) is 0 Å². The van der Waals surface area contributed by atoms with Crippen LogP contribution < -0.4 is 11.5 Å². The molecule has 0 aliphatic rings. The van der Waals surface area contributed by atoms with Gasteiger partial charge in [0, 0.05) is 12.8 Å². The highest BCUT2D eigenvalue weighted by atomic mass is 16.4. The van der Waals surface area contributed by atoms with Gasteiger partial charge in [-0.1, -0.05) is 25.7 Å². The number of unbranched alkanes of at least 4 members (excludes halogenated alkanes) is 5. The molecule has 1 heterocycles. The lowest BCUT2D eigenvalue weighted by molar-refractivity contribution is -0.119. The summed E-state index contributed by atoms with van der Waals surface area (Å²) in [7, 11) is 0. The van der Waals surface area contributed by atoms with Crippen LogP contribution in [0.1, 0.15) is 72.5 Å². The van der Waals surface area contributed by atoms with Crippen molar-refractivity contribution >= 4 is 23.8 Å². The number of hydrogen-bond acceptors (Lipinski definition) is 5. The number of aromatic carboxylic acids is 2. The van der Waals surface area contributed by atoms with Crippen LogP contribution in [-0.2, 0) is 9.59 Å². The molecule has 1 aromatic rings. The number of nitrogens with two attached hydrogens (primary N) is 2. The van der Waals surface area contributed by atoms with Crippen molar-refractivity contribution in [3.63, 3.8) is 0 Å². The number of amides is 2. The molecule has 0 aromatic carbocycles. The maximum atomic E-state index is 10.4. The minimum Gasteiger partial charge on any atom is -0.475 e. The summed E-state index contributed by atoms with van der Waals surface area (Å²) >= 11 is 0. The van der Waals surface area contributed by atoms with Gasteiger partial charge in [0.15, 0.2) is 0 Å². The molecule has 2 amide bonds.